The number of nitrogens with zero attached hydrogens (tertiary/aromatic N) is 2. The number of likely N-dealkylation sites (tertiary alicyclic amines) is 1. The van der Waals surface area contributed by atoms with Gasteiger partial charge in [0.15, 0.2) is 0 Å². The summed E-state index contributed by atoms with van der Waals surface area (Å²) in [7, 11) is 1.91. The molecule has 0 bridgehead atoms. The predicted molar refractivity (Wildman–Crippen MR) is 83.5 cm³/mol. The van der Waals surface area contributed by atoms with Crippen LogP contribution in [0.5, 0.6) is 0 Å². The first kappa shape index (κ1) is 16.8. The first-order valence-electron chi connectivity index (χ1n) is 7.22. The average molecular weight is 287 g/mol. The molecule has 2 N–H and O–H groups in total. The van der Waals surface area contributed by atoms with Gasteiger partial charge in [-0.2, -0.15) is 11.8 Å². The van der Waals surface area contributed by atoms with Crippen LogP contribution in [0.2, 0.25) is 0 Å². The summed E-state index contributed by atoms with van der Waals surface area (Å²) in [6, 6.07) is 0.634. The number of hydrogen-bond donors (Lipinski definition) is 1. The van der Waals surface area contributed by atoms with E-state index in [0.29, 0.717) is 12.1 Å². The van der Waals surface area contributed by atoms with Crippen LogP contribution in [0.15, 0.2) is 0 Å². The summed E-state index contributed by atoms with van der Waals surface area (Å²) in [6.45, 7) is 6.63. The zero-order valence-corrected chi connectivity index (χ0v) is 13.6. The molecular formula is C14H29N3OS. The van der Waals surface area contributed by atoms with E-state index in [-0.39, 0.29) is 11.9 Å². The predicted octanol–water partition coefficient (Wildman–Crippen LogP) is 1.40. The Morgan fingerprint density at radius 2 is 2.00 bits per heavy atom. The van der Waals surface area contributed by atoms with Crippen LogP contribution in [0.3, 0.4) is 0 Å². The van der Waals surface area contributed by atoms with Gasteiger partial charge in [-0.1, -0.05) is 0 Å². The lowest BCUT2D eigenvalue weighted by molar-refractivity contribution is -0.134. The smallest absolute Gasteiger partial charge is 0.239 e. The molecule has 0 aliphatic carbocycles. The highest BCUT2D eigenvalue weighted by Gasteiger charge is 2.28. The normalized spacial score (nSPS) is 19.7. The Balaban J connectivity index is 2.41. The van der Waals surface area contributed by atoms with Crippen molar-refractivity contribution >= 4 is 17.7 Å². The van der Waals surface area contributed by atoms with Crippen molar-refractivity contribution in [3.63, 3.8) is 0 Å². The summed E-state index contributed by atoms with van der Waals surface area (Å²) in [5, 5.41) is 0. The SMILES string of the molecule is CSCC[C@H](N)C(=O)N(C)C1CCN(C(C)C)CC1. The van der Waals surface area contributed by atoms with Gasteiger partial charge in [-0.05, 0) is 45.1 Å². The number of thioether (sulfide) groups is 1. The maximum Gasteiger partial charge on any atom is 0.239 e. The fourth-order valence-electron chi connectivity index (χ4n) is 2.60. The molecule has 1 fully saturated rings. The van der Waals surface area contributed by atoms with Crippen LogP contribution >= 0.6 is 11.8 Å². The average Bonchev–Trinajstić information content (AvgIpc) is 2.43. The van der Waals surface area contributed by atoms with Gasteiger partial charge in [-0.3, -0.25) is 4.79 Å². The molecule has 0 aromatic carbocycles. The summed E-state index contributed by atoms with van der Waals surface area (Å²) in [5.41, 5.74) is 5.97. The third-order valence-corrected chi connectivity index (χ3v) is 4.72. The Labute approximate surface area is 122 Å². The number of rotatable bonds is 6. The second kappa shape index (κ2) is 8.12. The lowest BCUT2D eigenvalue weighted by Gasteiger charge is -2.39. The van der Waals surface area contributed by atoms with Gasteiger partial charge >= 0.3 is 0 Å². The number of piperidine rings is 1. The third kappa shape index (κ3) is 4.97. The molecule has 1 amide bonds. The van der Waals surface area contributed by atoms with Crippen LogP contribution in [0.25, 0.3) is 0 Å². The number of likely N-dealkylation sites (N-methyl/N-ethyl adjacent to an activating group) is 1. The molecule has 112 valence electrons. The quantitative estimate of drug-likeness (QED) is 0.802. The summed E-state index contributed by atoms with van der Waals surface area (Å²) < 4.78 is 0. The van der Waals surface area contributed by atoms with Gasteiger partial charge in [0.25, 0.3) is 0 Å². The summed E-state index contributed by atoms with van der Waals surface area (Å²) in [6.07, 6.45) is 4.95. The highest BCUT2D eigenvalue weighted by atomic mass is 32.2. The van der Waals surface area contributed by atoms with Crippen molar-refractivity contribution in [2.75, 3.05) is 32.1 Å². The first-order chi connectivity index (χ1) is 8.97. The van der Waals surface area contributed by atoms with Crippen LogP contribution < -0.4 is 5.73 Å². The van der Waals surface area contributed by atoms with Gasteiger partial charge < -0.3 is 15.5 Å². The highest BCUT2D eigenvalue weighted by Crippen LogP contribution is 2.18. The Hall–Kier alpha value is -0.260. The van der Waals surface area contributed by atoms with Crippen molar-refractivity contribution in [1.29, 1.82) is 0 Å². The Bertz CT molecular complexity index is 278. The highest BCUT2D eigenvalue weighted by molar-refractivity contribution is 7.98. The van der Waals surface area contributed by atoms with Gasteiger partial charge in [-0.15, -0.1) is 0 Å². The van der Waals surface area contributed by atoms with Gasteiger partial charge in [0.05, 0.1) is 6.04 Å². The monoisotopic (exact) mass is 287 g/mol. The largest absolute Gasteiger partial charge is 0.341 e. The van der Waals surface area contributed by atoms with Crippen molar-refractivity contribution < 1.29 is 4.79 Å². The van der Waals surface area contributed by atoms with Crippen LogP contribution in [-0.4, -0.2) is 66.0 Å². The van der Waals surface area contributed by atoms with E-state index in [1.807, 2.05) is 18.2 Å². The molecule has 1 heterocycles. The van der Waals surface area contributed by atoms with Gasteiger partial charge in [0.1, 0.15) is 0 Å². The summed E-state index contributed by atoms with van der Waals surface area (Å²) in [4.78, 5) is 16.6. The molecule has 1 atom stereocenters. The molecule has 5 heteroatoms. The van der Waals surface area contributed by atoms with E-state index < -0.39 is 0 Å². The van der Waals surface area contributed by atoms with E-state index in [4.69, 9.17) is 5.73 Å². The fraction of sp³-hybridized carbons (Fsp3) is 0.929. The van der Waals surface area contributed by atoms with Gasteiger partial charge in [0.2, 0.25) is 5.91 Å². The number of carbonyl (C=O) groups excluding carboxylic acids is 1. The number of nitrogens with two attached hydrogens (primary N) is 1. The fourth-order valence-corrected chi connectivity index (χ4v) is 3.09. The maximum absolute atomic E-state index is 12.2. The number of amides is 1. The molecule has 19 heavy (non-hydrogen) atoms. The van der Waals surface area contributed by atoms with Crippen LogP contribution in [0.1, 0.15) is 33.1 Å². The van der Waals surface area contributed by atoms with Gasteiger partial charge in [0, 0.05) is 32.2 Å². The molecule has 0 aromatic heterocycles. The van der Waals surface area contributed by atoms with Gasteiger partial charge in [-0.25, -0.2) is 0 Å². The summed E-state index contributed by atoms with van der Waals surface area (Å²) in [5.74, 6) is 1.06. The molecule has 0 radical (unpaired) electrons. The molecule has 0 aromatic rings. The second-order valence-electron chi connectivity index (χ2n) is 5.70. The Kier molecular flexibility index (Phi) is 7.18. The molecule has 1 saturated heterocycles. The standard InChI is InChI=1S/C14H29N3OS/c1-11(2)17-8-5-12(6-9-17)16(3)14(18)13(15)7-10-19-4/h11-13H,5-10,15H2,1-4H3/t13-/m0/s1. The first-order valence-corrected chi connectivity index (χ1v) is 8.62. The Morgan fingerprint density at radius 3 is 2.47 bits per heavy atom. The molecule has 0 spiro atoms. The second-order valence-corrected chi connectivity index (χ2v) is 6.68. The molecule has 0 unspecified atom stereocenters. The van der Waals surface area contributed by atoms with E-state index in [9.17, 15) is 4.79 Å². The maximum atomic E-state index is 12.2. The minimum absolute atomic E-state index is 0.108. The minimum Gasteiger partial charge on any atom is -0.341 e. The minimum atomic E-state index is -0.333. The van der Waals surface area contributed by atoms with Crippen LogP contribution in [0, 0.1) is 0 Å². The topological polar surface area (TPSA) is 49.6 Å². The van der Waals surface area contributed by atoms with E-state index in [1.54, 1.807) is 11.8 Å². The lowest BCUT2D eigenvalue weighted by Crippen LogP contribution is -2.51. The van der Waals surface area contributed by atoms with Crippen LogP contribution in [0.4, 0.5) is 0 Å². The van der Waals surface area contributed by atoms with E-state index in [2.05, 4.69) is 18.7 Å². The van der Waals surface area contributed by atoms with Crippen molar-refractivity contribution in [2.45, 2.75) is 51.2 Å². The van der Waals surface area contributed by atoms with Crippen molar-refractivity contribution in [3.05, 3.63) is 0 Å². The number of hydrogen-bond acceptors (Lipinski definition) is 4. The zero-order valence-electron chi connectivity index (χ0n) is 12.8. The van der Waals surface area contributed by atoms with Crippen molar-refractivity contribution in [1.82, 2.24) is 9.80 Å². The molecule has 1 aliphatic heterocycles. The molecular weight excluding hydrogens is 258 g/mol. The van der Waals surface area contributed by atoms with E-state index >= 15 is 0 Å². The molecule has 0 saturated carbocycles. The van der Waals surface area contributed by atoms with Crippen LogP contribution in [-0.2, 0) is 4.79 Å². The van der Waals surface area contributed by atoms with E-state index in [1.165, 1.54) is 0 Å². The lowest BCUT2D eigenvalue weighted by atomic mass is 10.0. The van der Waals surface area contributed by atoms with E-state index in [0.717, 1.165) is 38.1 Å². The van der Waals surface area contributed by atoms with Crippen molar-refractivity contribution in [2.24, 2.45) is 5.73 Å². The zero-order chi connectivity index (χ0) is 14.4. The molecule has 1 aliphatic rings. The third-order valence-electron chi connectivity index (χ3n) is 4.07. The number of carbonyl (C=O) groups is 1. The summed E-state index contributed by atoms with van der Waals surface area (Å²) >= 11 is 1.74. The van der Waals surface area contributed by atoms with Crippen molar-refractivity contribution in [3.8, 4) is 0 Å². The molecule has 1 rings (SSSR count). The Morgan fingerprint density at radius 1 is 1.42 bits per heavy atom. The molecule has 4 nitrogen and oxygen atoms in total.